The van der Waals surface area contributed by atoms with Gasteiger partial charge in [0.2, 0.25) is 10.0 Å². The van der Waals surface area contributed by atoms with Crippen LogP contribution in [0.3, 0.4) is 0 Å². The van der Waals surface area contributed by atoms with Crippen molar-refractivity contribution >= 4 is 32.0 Å². The summed E-state index contributed by atoms with van der Waals surface area (Å²) in [7, 11) is -7.83. The molecule has 0 aliphatic carbocycles. The monoisotopic (exact) mass is 835 g/mol. The first-order chi connectivity index (χ1) is 26.8. The third-order valence-electron chi connectivity index (χ3n) is 9.31. The zero-order valence-corrected chi connectivity index (χ0v) is 34.2. The number of ether oxygens (including phenoxy) is 5. The van der Waals surface area contributed by atoms with Crippen LogP contribution in [0, 0.1) is 5.82 Å². The lowest BCUT2D eigenvalue weighted by Gasteiger charge is -2.38. The van der Waals surface area contributed by atoms with Gasteiger partial charge in [0, 0.05) is 32.3 Å². The fraction of sp³-hybridized carbons (Fsp3) is 0.487. The van der Waals surface area contributed by atoms with Crippen LogP contribution in [0.5, 0.6) is 11.5 Å². The first kappa shape index (κ1) is 43.6. The van der Waals surface area contributed by atoms with Crippen LogP contribution in [0.1, 0.15) is 52.5 Å². The lowest BCUT2D eigenvalue weighted by Crippen LogP contribution is -2.46. The van der Waals surface area contributed by atoms with E-state index in [-0.39, 0.29) is 55.8 Å². The smallest absolute Gasteiger partial charge is 0.407 e. The largest absolute Gasteiger partial charge is 0.492 e. The molecule has 2 amide bonds. The number of benzene rings is 3. The third kappa shape index (κ3) is 11.6. The molecule has 2 fully saturated rings. The Balaban J connectivity index is 1.13. The average Bonchev–Trinajstić information content (AvgIpc) is 3.53. The molecule has 312 valence electrons. The van der Waals surface area contributed by atoms with Gasteiger partial charge in [0.1, 0.15) is 40.0 Å². The Labute approximate surface area is 332 Å². The molecule has 3 N–H and O–H groups in total. The third-order valence-corrected chi connectivity index (χ3v) is 12.3. The van der Waals surface area contributed by atoms with Crippen LogP contribution in [0.15, 0.2) is 70.5 Å². The van der Waals surface area contributed by atoms with Crippen LogP contribution in [-0.4, -0.2) is 108 Å². The quantitative estimate of drug-likeness (QED) is 0.201. The number of rotatable bonds is 14. The van der Waals surface area contributed by atoms with E-state index in [9.17, 15) is 35.9 Å². The number of hydrogen-bond donors (Lipinski definition) is 3. The first-order valence-electron chi connectivity index (χ1n) is 18.5. The number of carbonyl (C=O) groups is 2. The molecule has 1 unspecified atom stereocenters. The van der Waals surface area contributed by atoms with Crippen molar-refractivity contribution in [3.05, 3.63) is 72.0 Å². The number of amides is 2. The Morgan fingerprint density at radius 2 is 1.63 bits per heavy atom. The summed E-state index contributed by atoms with van der Waals surface area (Å²) < 4.78 is 95.5. The normalized spacial score (nSPS) is 17.8. The van der Waals surface area contributed by atoms with E-state index in [1.807, 2.05) is 24.3 Å². The van der Waals surface area contributed by atoms with Crippen molar-refractivity contribution in [2.24, 2.45) is 0 Å². The van der Waals surface area contributed by atoms with Gasteiger partial charge >= 0.3 is 12.2 Å². The number of alkyl carbamates (subject to hydrolysis) is 2. The van der Waals surface area contributed by atoms with Gasteiger partial charge in [-0.15, -0.1) is 0 Å². The molecule has 0 saturated carbocycles. The minimum Gasteiger partial charge on any atom is -0.492 e. The molecule has 3 aromatic carbocycles. The molecule has 2 heterocycles. The molecule has 0 aromatic heterocycles. The Bertz CT molecular complexity index is 2120. The predicted octanol–water partition coefficient (Wildman–Crippen LogP) is 4.80. The van der Waals surface area contributed by atoms with Crippen molar-refractivity contribution in [3.8, 4) is 22.6 Å². The molecule has 2 aliphatic rings. The van der Waals surface area contributed by atoms with Crippen LogP contribution in [0.25, 0.3) is 11.1 Å². The van der Waals surface area contributed by atoms with E-state index < -0.39 is 72.8 Å². The molecular weight excluding hydrogens is 786 g/mol. The van der Waals surface area contributed by atoms with Crippen molar-refractivity contribution < 1.29 is 59.6 Å². The number of aliphatic hydroxyl groups is 1. The van der Waals surface area contributed by atoms with Gasteiger partial charge in [-0.3, -0.25) is 0 Å². The molecule has 15 nitrogen and oxygen atoms in total. The molecule has 1 spiro atoms. The maximum Gasteiger partial charge on any atom is 0.407 e. The van der Waals surface area contributed by atoms with Gasteiger partial charge in [0.15, 0.2) is 21.4 Å². The van der Waals surface area contributed by atoms with Crippen LogP contribution in [0.2, 0.25) is 0 Å². The van der Waals surface area contributed by atoms with E-state index in [1.165, 1.54) is 16.4 Å². The number of halogens is 1. The molecule has 0 radical (unpaired) electrons. The number of hydrogen-bond acceptors (Lipinski definition) is 12. The fourth-order valence-corrected chi connectivity index (χ4v) is 8.85. The summed E-state index contributed by atoms with van der Waals surface area (Å²) in [5.41, 5.74) is 0.975. The van der Waals surface area contributed by atoms with Gasteiger partial charge in [-0.2, -0.15) is 4.31 Å². The van der Waals surface area contributed by atoms with E-state index >= 15 is 0 Å². The van der Waals surface area contributed by atoms with E-state index in [4.69, 9.17) is 23.7 Å². The maximum atomic E-state index is 14.5. The minimum absolute atomic E-state index is 0.0406. The van der Waals surface area contributed by atoms with Gasteiger partial charge in [-0.1, -0.05) is 36.4 Å². The average molecular weight is 836 g/mol. The van der Waals surface area contributed by atoms with E-state index in [1.54, 1.807) is 45.9 Å². The summed E-state index contributed by atoms with van der Waals surface area (Å²) in [5.74, 6) is -1.19. The predicted molar refractivity (Wildman–Crippen MR) is 207 cm³/mol. The Morgan fingerprint density at radius 3 is 2.28 bits per heavy atom. The van der Waals surface area contributed by atoms with Gasteiger partial charge in [0.25, 0.3) is 0 Å². The molecule has 2 aliphatic heterocycles. The summed E-state index contributed by atoms with van der Waals surface area (Å²) in [4.78, 5) is 24.1. The summed E-state index contributed by atoms with van der Waals surface area (Å²) >= 11 is 0. The highest BCUT2D eigenvalue weighted by Gasteiger charge is 2.46. The number of sulfone groups is 1. The highest BCUT2D eigenvalue weighted by molar-refractivity contribution is 7.90. The summed E-state index contributed by atoms with van der Waals surface area (Å²) in [6.07, 6.45) is -1.28. The van der Waals surface area contributed by atoms with Crippen molar-refractivity contribution in [2.45, 2.75) is 86.7 Å². The van der Waals surface area contributed by atoms with Gasteiger partial charge in [-0.25, -0.2) is 30.8 Å². The zero-order valence-electron chi connectivity index (χ0n) is 32.6. The number of sulfonamides is 1. The minimum atomic E-state index is -4.00. The van der Waals surface area contributed by atoms with Gasteiger partial charge < -0.3 is 39.4 Å². The highest BCUT2D eigenvalue weighted by atomic mass is 32.2. The van der Waals surface area contributed by atoms with Crippen LogP contribution in [0.4, 0.5) is 14.0 Å². The fourth-order valence-electron chi connectivity index (χ4n) is 6.49. The summed E-state index contributed by atoms with van der Waals surface area (Å²) in [6.45, 7) is 7.37. The number of nitrogens with zero attached hydrogens (tertiary/aromatic N) is 1. The van der Waals surface area contributed by atoms with Crippen molar-refractivity contribution in [1.29, 1.82) is 0 Å². The van der Waals surface area contributed by atoms with Crippen molar-refractivity contribution in [3.63, 3.8) is 0 Å². The second kappa shape index (κ2) is 18.0. The lowest BCUT2D eigenvalue weighted by atomic mass is 9.89. The number of aliphatic hydroxyl groups excluding tert-OH is 1. The lowest BCUT2D eigenvalue weighted by molar-refractivity contribution is -0.0325. The molecular formula is C39H50FN3O12S2. The second-order valence-electron chi connectivity index (χ2n) is 15.0. The highest BCUT2D eigenvalue weighted by Crippen LogP contribution is 2.40. The van der Waals surface area contributed by atoms with Crippen LogP contribution >= 0.6 is 0 Å². The van der Waals surface area contributed by atoms with Gasteiger partial charge in [0.05, 0.1) is 25.4 Å². The Morgan fingerprint density at radius 1 is 0.947 bits per heavy atom. The van der Waals surface area contributed by atoms with Crippen LogP contribution in [-0.2, 0) is 40.6 Å². The first-order valence-corrected chi connectivity index (χ1v) is 21.8. The number of piperidine rings is 1. The van der Waals surface area contributed by atoms with Gasteiger partial charge in [-0.05, 0) is 81.5 Å². The number of nitrogens with one attached hydrogen (secondary N) is 2. The Kier molecular flexibility index (Phi) is 13.8. The molecule has 3 aromatic rings. The van der Waals surface area contributed by atoms with E-state index in [0.717, 1.165) is 23.4 Å². The Hall–Kier alpha value is -4.49. The second-order valence-corrected chi connectivity index (χ2v) is 18.9. The van der Waals surface area contributed by atoms with E-state index in [0.29, 0.717) is 24.8 Å². The molecule has 18 heteroatoms. The maximum absolute atomic E-state index is 14.5. The van der Waals surface area contributed by atoms with Crippen molar-refractivity contribution in [2.75, 3.05) is 45.7 Å². The standard InChI is InChI=1S/C39H50FN3O12S2/c1-6-51-31-15-14-28(27-12-10-26(11-13-27)22-41-37(46)55-38(2,3)4)20-34(31)57(49,50)43-18-16-39(17-19-43)21-30(25-53-39)54-36(45)42-23-29(44)24-52-32-8-7-9-33(35(32)40)56(5,47)48/h7-15,20,29-30,44H,6,16-19,21-25H2,1-5H3,(H,41,46)(H,42,45)/t29?,30-/m0/s1. The topological polar surface area (TPSA) is 196 Å². The molecule has 2 saturated heterocycles. The summed E-state index contributed by atoms with van der Waals surface area (Å²) in [5, 5.41) is 15.4. The van der Waals surface area contributed by atoms with Crippen LogP contribution < -0.4 is 20.1 Å². The zero-order chi connectivity index (χ0) is 41.6. The van der Waals surface area contributed by atoms with E-state index in [2.05, 4.69) is 10.6 Å². The molecule has 0 bridgehead atoms. The number of carbonyl (C=O) groups excluding carboxylic acids is 2. The molecule has 57 heavy (non-hydrogen) atoms. The molecule has 5 rings (SSSR count). The summed E-state index contributed by atoms with van der Waals surface area (Å²) in [6, 6.07) is 16.1. The SMILES string of the molecule is CCOc1ccc(-c2ccc(CNC(=O)OC(C)(C)C)cc2)cc1S(=O)(=O)N1CCC2(CC1)C[C@H](OC(=O)NCC(O)COc1cccc(S(C)(=O)=O)c1F)CO2. The molecule has 2 atom stereocenters. The van der Waals surface area contributed by atoms with Crippen molar-refractivity contribution in [1.82, 2.24) is 14.9 Å².